The number of amides is 1. The Balaban J connectivity index is 1.76. The third-order valence-electron chi connectivity index (χ3n) is 5.31. The Bertz CT molecular complexity index is 1190. The number of sulfone groups is 1. The Labute approximate surface area is 190 Å². The van der Waals surface area contributed by atoms with E-state index in [2.05, 4.69) is 0 Å². The Morgan fingerprint density at radius 2 is 1.84 bits per heavy atom. The first-order valence-electron chi connectivity index (χ1n) is 10.1. The average molecular weight is 477 g/mol. The van der Waals surface area contributed by atoms with E-state index in [4.69, 9.17) is 19.2 Å². The summed E-state index contributed by atoms with van der Waals surface area (Å²) >= 11 is 1.34. The highest BCUT2D eigenvalue weighted by Crippen LogP contribution is 2.40. The van der Waals surface area contributed by atoms with Gasteiger partial charge in [0.1, 0.15) is 21.7 Å². The molecule has 1 aliphatic rings. The van der Waals surface area contributed by atoms with Crippen molar-refractivity contribution in [2.45, 2.75) is 23.8 Å². The quantitative estimate of drug-likeness (QED) is 0.515. The highest BCUT2D eigenvalue weighted by molar-refractivity contribution is 7.90. The fraction of sp³-hybridized carbons (Fsp3) is 0.364. The number of anilines is 1. The number of ether oxygens (including phenoxy) is 3. The number of aromatic nitrogens is 1. The van der Waals surface area contributed by atoms with Gasteiger partial charge in [0.05, 0.1) is 31.8 Å². The second-order valence-electron chi connectivity index (χ2n) is 7.49. The third kappa shape index (κ3) is 4.43. The SMILES string of the molecule is COc1ccc(OC)c2sc(N(CC3CCCO3)C(=O)c3ccc(S(C)(=O)=O)cc3)nc12. The molecule has 10 heteroatoms. The van der Waals surface area contributed by atoms with Gasteiger partial charge in [-0.05, 0) is 49.2 Å². The maximum Gasteiger partial charge on any atom is 0.260 e. The van der Waals surface area contributed by atoms with Crippen LogP contribution in [0.25, 0.3) is 10.2 Å². The molecule has 3 aromatic rings. The zero-order chi connectivity index (χ0) is 22.9. The van der Waals surface area contributed by atoms with Gasteiger partial charge >= 0.3 is 0 Å². The van der Waals surface area contributed by atoms with Gasteiger partial charge in [-0.1, -0.05) is 11.3 Å². The molecule has 0 N–H and O–H groups in total. The number of thiazole rings is 1. The molecule has 32 heavy (non-hydrogen) atoms. The Morgan fingerprint density at radius 3 is 2.44 bits per heavy atom. The molecular formula is C22H24N2O6S2. The summed E-state index contributed by atoms with van der Waals surface area (Å²) in [5, 5.41) is 0.496. The van der Waals surface area contributed by atoms with E-state index < -0.39 is 9.84 Å². The smallest absolute Gasteiger partial charge is 0.260 e. The number of nitrogens with zero attached hydrogens (tertiary/aromatic N) is 2. The maximum atomic E-state index is 13.5. The summed E-state index contributed by atoms with van der Waals surface area (Å²) in [7, 11) is -0.201. The van der Waals surface area contributed by atoms with Crippen LogP contribution in [0.15, 0.2) is 41.3 Å². The van der Waals surface area contributed by atoms with E-state index in [1.165, 1.54) is 35.6 Å². The van der Waals surface area contributed by atoms with Gasteiger partial charge in [0.2, 0.25) is 0 Å². The standard InChI is InChI=1S/C22H24N2O6S2/c1-28-17-10-11-18(29-2)20-19(17)23-22(31-20)24(13-15-5-4-12-30-15)21(25)14-6-8-16(9-7-14)32(3,26)27/h6-11,15H,4-5,12-13H2,1-3H3. The van der Waals surface area contributed by atoms with Crippen LogP contribution < -0.4 is 14.4 Å². The summed E-state index contributed by atoms with van der Waals surface area (Å²) in [4.78, 5) is 20.0. The van der Waals surface area contributed by atoms with Crippen LogP contribution in [0.2, 0.25) is 0 Å². The fourth-order valence-corrected chi connectivity index (χ4v) is 5.34. The number of carbonyl (C=O) groups excluding carboxylic acids is 1. The third-order valence-corrected chi connectivity index (χ3v) is 7.54. The molecule has 2 heterocycles. The molecule has 1 aromatic heterocycles. The minimum Gasteiger partial charge on any atom is -0.495 e. The van der Waals surface area contributed by atoms with Crippen molar-refractivity contribution in [1.82, 2.24) is 4.98 Å². The normalized spacial score (nSPS) is 16.3. The molecular weight excluding hydrogens is 452 g/mol. The summed E-state index contributed by atoms with van der Waals surface area (Å²) in [5.41, 5.74) is 0.984. The van der Waals surface area contributed by atoms with Gasteiger partial charge in [-0.25, -0.2) is 13.4 Å². The molecule has 1 unspecified atom stereocenters. The lowest BCUT2D eigenvalue weighted by molar-refractivity contribution is 0.0917. The molecule has 0 spiro atoms. The van der Waals surface area contributed by atoms with Gasteiger partial charge in [0, 0.05) is 18.4 Å². The number of rotatable bonds is 7. The minimum atomic E-state index is -3.35. The van der Waals surface area contributed by atoms with Crippen LogP contribution in [0, 0.1) is 0 Å². The van der Waals surface area contributed by atoms with Crippen molar-refractivity contribution in [1.29, 1.82) is 0 Å². The zero-order valence-electron chi connectivity index (χ0n) is 18.0. The largest absolute Gasteiger partial charge is 0.495 e. The molecule has 0 bridgehead atoms. The van der Waals surface area contributed by atoms with Crippen LogP contribution >= 0.6 is 11.3 Å². The molecule has 1 fully saturated rings. The maximum absolute atomic E-state index is 13.5. The van der Waals surface area contributed by atoms with Crippen LogP contribution in [0.4, 0.5) is 5.13 Å². The molecule has 1 aliphatic heterocycles. The summed E-state index contributed by atoms with van der Waals surface area (Å²) in [5.74, 6) is 0.953. The summed E-state index contributed by atoms with van der Waals surface area (Å²) in [6.45, 7) is 1.01. The van der Waals surface area contributed by atoms with Crippen LogP contribution in [0.5, 0.6) is 11.5 Å². The zero-order valence-corrected chi connectivity index (χ0v) is 19.7. The molecule has 1 saturated heterocycles. The molecule has 1 atom stereocenters. The minimum absolute atomic E-state index is 0.0925. The second kappa shape index (κ2) is 9.05. The van der Waals surface area contributed by atoms with Crippen LogP contribution in [-0.2, 0) is 14.6 Å². The Kier molecular flexibility index (Phi) is 6.36. The predicted molar refractivity (Wildman–Crippen MR) is 123 cm³/mol. The number of hydrogen-bond acceptors (Lipinski definition) is 8. The molecule has 2 aromatic carbocycles. The topological polar surface area (TPSA) is 95.0 Å². The first-order valence-corrected chi connectivity index (χ1v) is 12.8. The van der Waals surface area contributed by atoms with Gasteiger partial charge < -0.3 is 14.2 Å². The van der Waals surface area contributed by atoms with E-state index >= 15 is 0 Å². The first-order chi connectivity index (χ1) is 15.3. The van der Waals surface area contributed by atoms with Crippen LogP contribution in [-0.4, -0.2) is 59.0 Å². The Hall–Kier alpha value is -2.69. The number of hydrogen-bond donors (Lipinski definition) is 0. The van der Waals surface area contributed by atoms with Crippen LogP contribution in [0.1, 0.15) is 23.2 Å². The van der Waals surface area contributed by atoms with Crippen LogP contribution in [0.3, 0.4) is 0 Å². The Morgan fingerprint density at radius 1 is 1.16 bits per heavy atom. The fourth-order valence-electron chi connectivity index (χ4n) is 3.63. The lowest BCUT2D eigenvalue weighted by Gasteiger charge is -2.23. The van der Waals surface area contributed by atoms with E-state index in [1.807, 2.05) is 0 Å². The van der Waals surface area contributed by atoms with Gasteiger partial charge in [-0.15, -0.1) is 0 Å². The van der Waals surface area contributed by atoms with Gasteiger partial charge in [-0.3, -0.25) is 9.69 Å². The van der Waals surface area contributed by atoms with Crippen molar-refractivity contribution in [2.24, 2.45) is 0 Å². The van der Waals surface area contributed by atoms with Crippen molar-refractivity contribution in [3.05, 3.63) is 42.0 Å². The molecule has 0 radical (unpaired) electrons. The van der Waals surface area contributed by atoms with E-state index in [9.17, 15) is 13.2 Å². The molecule has 170 valence electrons. The summed E-state index contributed by atoms with van der Waals surface area (Å²) < 4.78 is 41.0. The molecule has 4 rings (SSSR count). The summed E-state index contributed by atoms with van der Waals surface area (Å²) in [6.07, 6.45) is 2.84. The summed E-state index contributed by atoms with van der Waals surface area (Å²) in [6, 6.07) is 9.51. The molecule has 8 nitrogen and oxygen atoms in total. The monoisotopic (exact) mass is 476 g/mol. The van der Waals surface area contributed by atoms with Crippen molar-refractivity contribution < 1.29 is 27.4 Å². The van der Waals surface area contributed by atoms with Gasteiger partial charge in [0.25, 0.3) is 5.91 Å². The lowest BCUT2D eigenvalue weighted by atomic mass is 10.2. The van der Waals surface area contributed by atoms with Crippen molar-refractivity contribution in [3.8, 4) is 11.5 Å². The number of methoxy groups -OCH3 is 2. The predicted octanol–water partition coefficient (Wildman–Crippen LogP) is 3.54. The molecule has 0 saturated carbocycles. The van der Waals surface area contributed by atoms with Crippen molar-refractivity contribution in [3.63, 3.8) is 0 Å². The van der Waals surface area contributed by atoms with Crippen molar-refractivity contribution >= 4 is 42.4 Å². The van der Waals surface area contributed by atoms with E-state index in [1.54, 1.807) is 31.3 Å². The lowest BCUT2D eigenvalue weighted by Crippen LogP contribution is -2.37. The second-order valence-corrected chi connectivity index (χ2v) is 10.5. The van der Waals surface area contributed by atoms with Crippen molar-refractivity contribution in [2.75, 3.05) is 38.5 Å². The van der Waals surface area contributed by atoms with Gasteiger partial charge in [0.15, 0.2) is 15.0 Å². The van der Waals surface area contributed by atoms with E-state index in [0.29, 0.717) is 40.9 Å². The van der Waals surface area contributed by atoms with E-state index in [-0.39, 0.29) is 16.9 Å². The van der Waals surface area contributed by atoms with Gasteiger partial charge in [-0.2, -0.15) is 0 Å². The average Bonchev–Trinajstić information content (AvgIpc) is 3.45. The number of carbonyl (C=O) groups is 1. The highest BCUT2D eigenvalue weighted by atomic mass is 32.2. The number of fused-ring (bicyclic) bond motifs is 1. The highest BCUT2D eigenvalue weighted by Gasteiger charge is 2.28. The first kappa shape index (κ1) is 22.5. The number of benzene rings is 2. The molecule has 0 aliphatic carbocycles. The van der Waals surface area contributed by atoms with E-state index in [0.717, 1.165) is 23.8 Å². The molecule has 1 amide bonds.